The number of aryl methyl sites for hydroxylation is 1. The SMILES string of the molecule is Cn1nnc(Nc2nccc(CNC(C)(C)C)c2F)n1. The molecule has 20 heavy (non-hydrogen) atoms. The topological polar surface area (TPSA) is 80.5 Å². The molecule has 2 aromatic heterocycles. The maximum absolute atomic E-state index is 14.3. The lowest BCUT2D eigenvalue weighted by molar-refractivity contribution is 0.418. The Morgan fingerprint density at radius 3 is 2.70 bits per heavy atom. The van der Waals surface area contributed by atoms with Crippen molar-refractivity contribution in [3.8, 4) is 0 Å². The van der Waals surface area contributed by atoms with E-state index in [0.717, 1.165) is 0 Å². The number of halogens is 1. The Kier molecular flexibility index (Phi) is 3.93. The second kappa shape index (κ2) is 5.49. The third-order valence-corrected chi connectivity index (χ3v) is 2.52. The highest BCUT2D eigenvalue weighted by atomic mass is 19.1. The van der Waals surface area contributed by atoms with E-state index in [1.807, 2.05) is 20.8 Å². The maximum Gasteiger partial charge on any atom is 0.269 e. The van der Waals surface area contributed by atoms with E-state index < -0.39 is 5.82 Å². The number of hydrogen-bond donors (Lipinski definition) is 2. The van der Waals surface area contributed by atoms with Crippen LogP contribution < -0.4 is 10.6 Å². The molecule has 0 unspecified atom stereocenters. The summed E-state index contributed by atoms with van der Waals surface area (Å²) in [7, 11) is 1.63. The first-order valence-electron chi connectivity index (χ1n) is 6.24. The first kappa shape index (κ1) is 14.3. The Bertz CT molecular complexity index is 588. The maximum atomic E-state index is 14.3. The van der Waals surface area contributed by atoms with E-state index >= 15 is 0 Å². The summed E-state index contributed by atoms with van der Waals surface area (Å²) < 4.78 is 14.3. The number of nitrogens with zero attached hydrogens (tertiary/aromatic N) is 5. The average molecular weight is 279 g/mol. The molecule has 0 saturated heterocycles. The molecule has 0 saturated carbocycles. The number of tetrazole rings is 1. The van der Waals surface area contributed by atoms with Crippen LogP contribution in [0.2, 0.25) is 0 Å². The molecule has 2 N–H and O–H groups in total. The Hall–Kier alpha value is -2.09. The predicted molar refractivity (Wildman–Crippen MR) is 72.9 cm³/mol. The number of rotatable bonds is 4. The van der Waals surface area contributed by atoms with Gasteiger partial charge in [-0.1, -0.05) is 5.10 Å². The van der Waals surface area contributed by atoms with Crippen molar-refractivity contribution in [2.24, 2.45) is 7.05 Å². The van der Waals surface area contributed by atoms with Crippen molar-refractivity contribution in [2.75, 3.05) is 5.32 Å². The third kappa shape index (κ3) is 3.70. The summed E-state index contributed by atoms with van der Waals surface area (Å²) >= 11 is 0. The molecule has 0 atom stereocenters. The van der Waals surface area contributed by atoms with Gasteiger partial charge >= 0.3 is 0 Å². The monoisotopic (exact) mass is 279 g/mol. The minimum atomic E-state index is -0.420. The van der Waals surface area contributed by atoms with Crippen LogP contribution in [0.15, 0.2) is 12.3 Å². The summed E-state index contributed by atoms with van der Waals surface area (Å²) in [6.07, 6.45) is 1.54. The lowest BCUT2D eigenvalue weighted by Gasteiger charge is -2.20. The van der Waals surface area contributed by atoms with Crippen LogP contribution in [0.5, 0.6) is 0 Å². The zero-order valence-electron chi connectivity index (χ0n) is 12.0. The lowest BCUT2D eigenvalue weighted by atomic mass is 10.1. The van der Waals surface area contributed by atoms with Crippen molar-refractivity contribution in [3.63, 3.8) is 0 Å². The number of nitrogens with one attached hydrogen (secondary N) is 2. The molecule has 0 aliphatic carbocycles. The molecule has 7 nitrogen and oxygen atoms in total. The first-order chi connectivity index (χ1) is 9.35. The van der Waals surface area contributed by atoms with E-state index in [1.165, 1.54) is 4.80 Å². The van der Waals surface area contributed by atoms with E-state index in [2.05, 4.69) is 31.0 Å². The fraction of sp³-hybridized carbons (Fsp3) is 0.500. The lowest BCUT2D eigenvalue weighted by Crippen LogP contribution is -2.35. The molecule has 2 rings (SSSR count). The Morgan fingerprint density at radius 2 is 2.10 bits per heavy atom. The first-order valence-corrected chi connectivity index (χ1v) is 6.24. The molecule has 2 heterocycles. The summed E-state index contributed by atoms with van der Waals surface area (Å²) in [6.45, 7) is 6.48. The van der Waals surface area contributed by atoms with Crippen LogP contribution in [0, 0.1) is 5.82 Å². The molecule has 0 fully saturated rings. The van der Waals surface area contributed by atoms with Crippen molar-refractivity contribution in [2.45, 2.75) is 32.9 Å². The van der Waals surface area contributed by atoms with Gasteiger partial charge in [0.15, 0.2) is 11.6 Å². The minimum absolute atomic E-state index is 0.0875. The van der Waals surface area contributed by atoms with Gasteiger partial charge in [-0.25, -0.2) is 9.37 Å². The van der Waals surface area contributed by atoms with E-state index in [1.54, 1.807) is 19.3 Å². The van der Waals surface area contributed by atoms with E-state index in [0.29, 0.717) is 12.1 Å². The summed E-state index contributed by atoms with van der Waals surface area (Å²) in [5.41, 5.74) is 0.441. The van der Waals surface area contributed by atoms with Crippen LogP contribution in [0.25, 0.3) is 0 Å². The van der Waals surface area contributed by atoms with Gasteiger partial charge in [-0.3, -0.25) is 0 Å². The largest absolute Gasteiger partial charge is 0.308 e. The highest BCUT2D eigenvalue weighted by molar-refractivity contribution is 5.49. The summed E-state index contributed by atoms with van der Waals surface area (Å²) in [5, 5.41) is 17.3. The van der Waals surface area contributed by atoms with Gasteiger partial charge in [0, 0.05) is 23.8 Å². The van der Waals surface area contributed by atoms with Crippen LogP contribution >= 0.6 is 0 Å². The van der Waals surface area contributed by atoms with Gasteiger partial charge in [-0.2, -0.15) is 4.80 Å². The van der Waals surface area contributed by atoms with Crippen molar-refractivity contribution in [1.82, 2.24) is 30.5 Å². The fourth-order valence-corrected chi connectivity index (χ4v) is 1.51. The van der Waals surface area contributed by atoms with Gasteiger partial charge in [0.2, 0.25) is 0 Å². The van der Waals surface area contributed by atoms with Gasteiger partial charge in [0.05, 0.1) is 7.05 Å². The van der Waals surface area contributed by atoms with E-state index in [-0.39, 0.29) is 17.3 Å². The molecule has 0 radical (unpaired) electrons. The third-order valence-electron chi connectivity index (χ3n) is 2.52. The summed E-state index contributed by atoms with van der Waals surface area (Å²) in [6, 6.07) is 1.64. The molecule has 8 heteroatoms. The molecule has 0 aliphatic rings. The van der Waals surface area contributed by atoms with Gasteiger partial charge in [0.25, 0.3) is 5.95 Å². The Morgan fingerprint density at radius 1 is 1.35 bits per heavy atom. The van der Waals surface area contributed by atoms with Gasteiger partial charge in [0.1, 0.15) is 0 Å². The molecule has 0 spiro atoms. The number of anilines is 2. The predicted octanol–water partition coefficient (Wildman–Crippen LogP) is 1.38. The van der Waals surface area contributed by atoms with Crippen LogP contribution in [0.1, 0.15) is 26.3 Å². The number of hydrogen-bond acceptors (Lipinski definition) is 6. The van der Waals surface area contributed by atoms with Crippen LogP contribution in [-0.2, 0) is 13.6 Å². The van der Waals surface area contributed by atoms with Crippen molar-refractivity contribution < 1.29 is 4.39 Å². The number of pyridine rings is 1. The molecule has 108 valence electrons. The van der Waals surface area contributed by atoms with E-state index in [4.69, 9.17) is 0 Å². The summed E-state index contributed by atoms with van der Waals surface area (Å²) in [5.74, 6) is -0.122. The van der Waals surface area contributed by atoms with Crippen molar-refractivity contribution >= 4 is 11.8 Å². The second-order valence-electron chi connectivity index (χ2n) is 5.46. The highest BCUT2D eigenvalue weighted by Gasteiger charge is 2.14. The molecule has 2 aromatic rings. The molecular formula is C12H18FN7. The highest BCUT2D eigenvalue weighted by Crippen LogP contribution is 2.18. The van der Waals surface area contributed by atoms with Gasteiger partial charge in [-0.05, 0) is 32.1 Å². The molecule has 0 aromatic carbocycles. The second-order valence-corrected chi connectivity index (χ2v) is 5.46. The van der Waals surface area contributed by atoms with E-state index in [9.17, 15) is 4.39 Å². The molecule has 0 amide bonds. The minimum Gasteiger partial charge on any atom is -0.308 e. The van der Waals surface area contributed by atoms with Crippen LogP contribution in [-0.4, -0.2) is 30.7 Å². The summed E-state index contributed by atoms with van der Waals surface area (Å²) in [4.78, 5) is 5.24. The van der Waals surface area contributed by atoms with Gasteiger partial charge < -0.3 is 10.6 Å². The molecular weight excluding hydrogens is 261 g/mol. The molecule has 0 bridgehead atoms. The number of aromatic nitrogens is 5. The average Bonchev–Trinajstić information content (AvgIpc) is 2.75. The zero-order valence-corrected chi connectivity index (χ0v) is 12.0. The zero-order chi connectivity index (χ0) is 14.8. The van der Waals surface area contributed by atoms with Gasteiger partial charge in [-0.15, -0.1) is 5.10 Å². The Balaban J connectivity index is 2.14. The Labute approximate surface area is 116 Å². The fourth-order valence-electron chi connectivity index (χ4n) is 1.51. The quantitative estimate of drug-likeness (QED) is 0.880. The van der Waals surface area contributed by atoms with Crippen LogP contribution in [0.3, 0.4) is 0 Å². The van der Waals surface area contributed by atoms with Crippen LogP contribution in [0.4, 0.5) is 16.2 Å². The van der Waals surface area contributed by atoms with Crippen molar-refractivity contribution in [1.29, 1.82) is 0 Å². The van der Waals surface area contributed by atoms with Crippen molar-refractivity contribution in [3.05, 3.63) is 23.6 Å². The standard InChI is InChI=1S/C12H18FN7/c1-12(2,3)15-7-8-5-6-14-10(9(8)13)16-11-17-19-20(4)18-11/h5-6,15H,7H2,1-4H3,(H,14,16,18). The normalized spacial score (nSPS) is 11.7. The smallest absolute Gasteiger partial charge is 0.269 e. The molecule has 0 aliphatic heterocycles.